The molecular formula is C23H22N4O2S. The summed E-state index contributed by atoms with van der Waals surface area (Å²) in [5.74, 6) is 1.56. The maximum absolute atomic E-state index is 12.8. The van der Waals surface area contributed by atoms with Crippen molar-refractivity contribution < 1.29 is 9.59 Å². The monoisotopic (exact) mass is 418 g/mol. The molecule has 1 atom stereocenters. The second kappa shape index (κ2) is 7.72. The first kappa shape index (κ1) is 19.1. The molecule has 1 fully saturated rings. The molecule has 1 saturated carbocycles. The van der Waals surface area contributed by atoms with Crippen LogP contribution in [-0.2, 0) is 11.3 Å². The highest BCUT2D eigenvalue weighted by Crippen LogP contribution is 2.40. The van der Waals surface area contributed by atoms with Gasteiger partial charge in [0.1, 0.15) is 5.82 Å². The van der Waals surface area contributed by atoms with Gasteiger partial charge in [-0.1, -0.05) is 42.1 Å². The second-order valence-electron chi connectivity index (χ2n) is 7.91. The third-order valence-electron chi connectivity index (χ3n) is 5.70. The van der Waals surface area contributed by atoms with Crippen LogP contribution in [0.25, 0.3) is 0 Å². The number of carbonyl (C=O) groups is 2. The van der Waals surface area contributed by atoms with Crippen LogP contribution in [0, 0.1) is 0 Å². The largest absolute Gasteiger partial charge is 0.325 e. The molecule has 0 bridgehead atoms. The van der Waals surface area contributed by atoms with Gasteiger partial charge in [0.05, 0.1) is 18.2 Å². The second-order valence-corrected chi connectivity index (χ2v) is 8.85. The number of benzene rings is 2. The summed E-state index contributed by atoms with van der Waals surface area (Å²) in [5, 5.41) is 12.4. The van der Waals surface area contributed by atoms with Crippen molar-refractivity contribution in [1.29, 1.82) is 0 Å². The van der Waals surface area contributed by atoms with Crippen molar-refractivity contribution in [3.63, 3.8) is 0 Å². The molecule has 1 aliphatic heterocycles. The molecule has 0 radical (unpaired) electrons. The van der Waals surface area contributed by atoms with Gasteiger partial charge in [-0.3, -0.25) is 9.59 Å². The average molecular weight is 419 g/mol. The van der Waals surface area contributed by atoms with Gasteiger partial charge >= 0.3 is 0 Å². The van der Waals surface area contributed by atoms with E-state index in [-0.39, 0.29) is 23.4 Å². The van der Waals surface area contributed by atoms with E-state index in [4.69, 9.17) is 0 Å². The number of Topliss-reactive ketones (excluding diaryl/α,β-unsaturated/α-hetero) is 1. The number of thioether (sulfide) groups is 1. The molecule has 2 heterocycles. The number of aromatic nitrogens is 3. The van der Waals surface area contributed by atoms with E-state index >= 15 is 0 Å². The Hall–Kier alpha value is -2.93. The standard InChI is InChI=1S/C23H22N4O2S/c1-14-18-11-17(9-10-19(18)24-22(14)29)20(28)13-30-23-26-25-21(16-7-8-16)27(23)12-15-5-3-2-4-6-15/h2-6,9-11,14,16H,7-8,12-13H2,1H3,(H,24,29)/t14-/m0/s1. The van der Waals surface area contributed by atoms with Crippen LogP contribution in [-0.4, -0.2) is 32.2 Å². The molecule has 1 aromatic heterocycles. The summed E-state index contributed by atoms with van der Waals surface area (Å²) in [5.41, 5.74) is 3.51. The maximum Gasteiger partial charge on any atom is 0.231 e. The Morgan fingerprint density at radius 3 is 2.73 bits per heavy atom. The Labute approximate surface area is 179 Å². The van der Waals surface area contributed by atoms with E-state index in [0.717, 1.165) is 35.1 Å². The first-order valence-corrected chi connectivity index (χ1v) is 11.2. The fraction of sp³-hybridized carbons (Fsp3) is 0.304. The predicted octanol–water partition coefficient (Wildman–Crippen LogP) is 4.23. The molecule has 1 amide bonds. The summed E-state index contributed by atoms with van der Waals surface area (Å²) in [6, 6.07) is 15.7. The molecule has 5 rings (SSSR count). The minimum Gasteiger partial charge on any atom is -0.325 e. The number of ketones is 1. The van der Waals surface area contributed by atoms with Crippen molar-refractivity contribution in [2.75, 3.05) is 11.1 Å². The number of fused-ring (bicyclic) bond motifs is 1. The van der Waals surface area contributed by atoms with Crippen LogP contribution in [0.5, 0.6) is 0 Å². The Balaban J connectivity index is 1.33. The number of nitrogens with one attached hydrogen (secondary N) is 1. The van der Waals surface area contributed by atoms with Gasteiger partial charge in [0, 0.05) is 17.2 Å². The van der Waals surface area contributed by atoms with Gasteiger partial charge in [0.2, 0.25) is 5.91 Å². The molecule has 6 nitrogen and oxygen atoms in total. The molecule has 152 valence electrons. The lowest BCUT2D eigenvalue weighted by molar-refractivity contribution is -0.116. The van der Waals surface area contributed by atoms with Gasteiger partial charge < -0.3 is 9.88 Å². The minimum absolute atomic E-state index is 0.0226. The van der Waals surface area contributed by atoms with E-state index in [1.807, 2.05) is 37.3 Å². The molecule has 2 aromatic carbocycles. The van der Waals surface area contributed by atoms with Crippen molar-refractivity contribution in [3.8, 4) is 0 Å². The third-order valence-corrected chi connectivity index (χ3v) is 6.66. The van der Waals surface area contributed by atoms with E-state index in [1.54, 1.807) is 6.07 Å². The third kappa shape index (κ3) is 3.65. The molecule has 30 heavy (non-hydrogen) atoms. The smallest absolute Gasteiger partial charge is 0.231 e. The van der Waals surface area contributed by atoms with E-state index in [1.165, 1.54) is 17.3 Å². The SMILES string of the molecule is C[C@@H]1C(=O)Nc2ccc(C(=O)CSc3nnc(C4CC4)n3Cc3ccccc3)cc21. The summed E-state index contributed by atoms with van der Waals surface area (Å²) >= 11 is 1.43. The number of amides is 1. The Bertz CT molecular complexity index is 1120. The fourth-order valence-electron chi connectivity index (χ4n) is 3.77. The molecule has 0 saturated heterocycles. The molecule has 1 N–H and O–H groups in total. The number of nitrogens with zero attached hydrogens (tertiary/aromatic N) is 3. The zero-order valence-electron chi connectivity index (χ0n) is 16.7. The van der Waals surface area contributed by atoms with E-state index in [0.29, 0.717) is 18.0 Å². The number of hydrogen-bond acceptors (Lipinski definition) is 5. The lowest BCUT2D eigenvalue weighted by Crippen LogP contribution is -2.09. The molecule has 0 unspecified atom stereocenters. The van der Waals surface area contributed by atoms with Crippen LogP contribution >= 0.6 is 11.8 Å². The molecular weight excluding hydrogens is 396 g/mol. The summed E-state index contributed by atoms with van der Waals surface area (Å²) < 4.78 is 2.15. The quantitative estimate of drug-likeness (QED) is 0.459. The van der Waals surface area contributed by atoms with E-state index in [9.17, 15) is 9.59 Å². The van der Waals surface area contributed by atoms with Crippen LogP contribution in [0.15, 0.2) is 53.7 Å². The zero-order chi connectivity index (χ0) is 20.7. The Morgan fingerprint density at radius 1 is 1.17 bits per heavy atom. The summed E-state index contributed by atoms with van der Waals surface area (Å²) in [6.45, 7) is 2.57. The number of rotatable bonds is 7. The van der Waals surface area contributed by atoms with Gasteiger partial charge in [-0.2, -0.15) is 0 Å². The van der Waals surface area contributed by atoms with Crippen LogP contribution in [0.4, 0.5) is 5.69 Å². The first-order chi connectivity index (χ1) is 14.6. The van der Waals surface area contributed by atoms with Crippen LogP contribution < -0.4 is 5.32 Å². The van der Waals surface area contributed by atoms with Gasteiger partial charge in [-0.05, 0) is 49.1 Å². The molecule has 0 spiro atoms. The summed E-state index contributed by atoms with van der Waals surface area (Å²) in [6.07, 6.45) is 2.30. The van der Waals surface area contributed by atoms with Gasteiger partial charge in [-0.15, -0.1) is 10.2 Å². The molecule has 7 heteroatoms. The van der Waals surface area contributed by atoms with Crippen molar-refractivity contribution in [1.82, 2.24) is 14.8 Å². The highest BCUT2D eigenvalue weighted by Gasteiger charge is 2.31. The van der Waals surface area contributed by atoms with Crippen molar-refractivity contribution in [2.45, 2.75) is 43.3 Å². The topological polar surface area (TPSA) is 76.9 Å². The van der Waals surface area contributed by atoms with Gasteiger partial charge in [-0.25, -0.2) is 0 Å². The average Bonchev–Trinajstić information content (AvgIpc) is 3.47. The molecule has 1 aliphatic carbocycles. The van der Waals surface area contributed by atoms with Crippen LogP contribution in [0.2, 0.25) is 0 Å². The number of hydrogen-bond donors (Lipinski definition) is 1. The fourth-order valence-corrected chi connectivity index (χ4v) is 4.61. The lowest BCUT2D eigenvalue weighted by Gasteiger charge is -2.10. The summed E-state index contributed by atoms with van der Waals surface area (Å²) in [4.78, 5) is 24.7. The molecule has 3 aromatic rings. The minimum atomic E-state index is -0.226. The first-order valence-electron chi connectivity index (χ1n) is 10.2. The Morgan fingerprint density at radius 2 is 1.97 bits per heavy atom. The highest BCUT2D eigenvalue weighted by atomic mass is 32.2. The lowest BCUT2D eigenvalue weighted by atomic mass is 9.99. The predicted molar refractivity (Wildman–Crippen MR) is 116 cm³/mol. The highest BCUT2D eigenvalue weighted by molar-refractivity contribution is 7.99. The van der Waals surface area contributed by atoms with Gasteiger partial charge in [0.25, 0.3) is 0 Å². The maximum atomic E-state index is 12.8. The number of anilines is 1. The van der Waals surface area contributed by atoms with E-state index < -0.39 is 0 Å². The Kier molecular flexibility index (Phi) is 4.90. The van der Waals surface area contributed by atoms with Crippen LogP contribution in [0.1, 0.15) is 58.9 Å². The van der Waals surface area contributed by atoms with Crippen LogP contribution in [0.3, 0.4) is 0 Å². The van der Waals surface area contributed by atoms with Gasteiger partial charge in [0.15, 0.2) is 10.9 Å². The normalized spacial score (nSPS) is 17.6. The molecule has 2 aliphatic rings. The van der Waals surface area contributed by atoms with Crippen molar-refractivity contribution in [2.24, 2.45) is 0 Å². The zero-order valence-corrected chi connectivity index (χ0v) is 17.5. The number of carbonyl (C=O) groups excluding carboxylic acids is 2. The van der Waals surface area contributed by atoms with Crippen molar-refractivity contribution >= 4 is 29.1 Å². The van der Waals surface area contributed by atoms with E-state index in [2.05, 4.69) is 32.2 Å². The van der Waals surface area contributed by atoms with Crippen molar-refractivity contribution in [3.05, 3.63) is 71.0 Å². The summed E-state index contributed by atoms with van der Waals surface area (Å²) in [7, 11) is 0.